The van der Waals surface area contributed by atoms with Gasteiger partial charge < -0.3 is 10.4 Å². The quantitative estimate of drug-likeness (QED) is 0.662. The maximum Gasteiger partial charge on any atom is 0.293 e. The molecule has 0 aliphatic rings. The summed E-state index contributed by atoms with van der Waals surface area (Å²) in [5.41, 5.74) is 0.789. The normalized spacial score (nSPS) is 10.2. The molecule has 0 heterocycles. The van der Waals surface area contributed by atoms with Crippen molar-refractivity contribution in [1.82, 2.24) is 0 Å². The number of nitrogens with zero attached hydrogens (tertiary/aromatic N) is 1. The standard InChI is InChI=1S/C13H11ClN2O3/c14-10-5-3-6-11(16(18)19)13(10)15-8-9-4-1-2-7-12(9)17/h1-7,15,17H,8H2. The molecule has 0 saturated carbocycles. The highest BCUT2D eigenvalue weighted by atomic mass is 35.5. The van der Waals surface area contributed by atoms with Gasteiger partial charge in [0.2, 0.25) is 0 Å². The minimum absolute atomic E-state index is 0.0945. The van der Waals surface area contributed by atoms with Gasteiger partial charge in [-0.3, -0.25) is 10.1 Å². The molecular formula is C13H11ClN2O3. The molecule has 19 heavy (non-hydrogen) atoms. The molecule has 0 fully saturated rings. The molecule has 0 aliphatic carbocycles. The summed E-state index contributed by atoms with van der Waals surface area (Å²) in [6, 6.07) is 11.2. The van der Waals surface area contributed by atoms with E-state index in [4.69, 9.17) is 11.6 Å². The third kappa shape index (κ3) is 2.95. The number of aromatic hydroxyl groups is 1. The summed E-state index contributed by atoms with van der Waals surface area (Å²) in [5.74, 6) is 0.129. The van der Waals surface area contributed by atoms with E-state index in [-0.39, 0.29) is 28.7 Å². The lowest BCUT2D eigenvalue weighted by molar-refractivity contribution is -0.383. The van der Waals surface area contributed by atoms with Crippen LogP contribution >= 0.6 is 11.6 Å². The number of nitro benzene ring substituents is 1. The number of hydrogen-bond acceptors (Lipinski definition) is 4. The second-order valence-electron chi connectivity index (χ2n) is 3.87. The lowest BCUT2D eigenvalue weighted by Gasteiger charge is -2.09. The van der Waals surface area contributed by atoms with Crippen molar-refractivity contribution in [3.05, 3.63) is 63.2 Å². The van der Waals surface area contributed by atoms with Crippen molar-refractivity contribution < 1.29 is 10.0 Å². The molecule has 6 heteroatoms. The summed E-state index contributed by atoms with van der Waals surface area (Å²) in [5, 5.41) is 23.7. The second-order valence-corrected chi connectivity index (χ2v) is 4.28. The zero-order valence-electron chi connectivity index (χ0n) is 9.84. The zero-order valence-corrected chi connectivity index (χ0v) is 10.6. The Morgan fingerprint density at radius 3 is 2.63 bits per heavy atom. The van der Waals surface area contributed by atoms with E-state index in [0.29, 0.717) is 5.56 Å². The molecule has 2 rings (SSSR count). The number of hydrogen-bond donors (Lipinski definition) is 2. The van der Waals surface area contributed by atoms with Crippen LogP contribution < -0.4 is 5.32 Å². The van der Waals surface area contributed by atoms with Crippen LogP contribution in [0.1, 0.15) is 5.56 Å². The van der Waals surface area contributed by atoms with Crippen molar-refractivity contribution in [2.45, 2.75) is 6.54 Å². The van der Waals surface area contributed by atoms with Crippen molar-refractivity contribution in [3.8, 4) is 5.75 Å². The van der Waals surface area contributed by atoms with Crippen molar-refractivity contribution in [1.29, 1.82) is 0 Å². The number of nitro groups is 1. The number of rotatable bonds is 4. The Morgan fingerprint density at radius 2 is 1.95 bits per heavy atom. The van der Waals surface area contributed by atoms with Gasteiger partial charge in [0, 0.05) is 18.2 Å². The highest BCUT2D eigenvalue weighted by Gasteiger charge is 2.16. The molecule has 0 aliphatic heterocycles. The molecule has 0 spiro atoms. The maximum absolute atomic E-state index is 10.9. The average Bonchev–Trinajstić information content (AvgIpc) is 2.38. The van der Waals surface area contributed by atoms with E-state index in [9.17, 15) is 15.2 Å². The van der Waals surface area contributed by atoms with E-state index in [2.05, 4.69) is 5.32 Å². The van der Waals surface area contributed by atoms with Crippen LogP contribution in [0.15, 0.2) is 42.5 Å². The fraction of sp³-hybridized carbons (Fsp3) is 0.0769. The Balaban J connectivity index is 2.25. The molecule has 2 aromatic carbocycles. The minimum atomic E-state index is -0.501. The summed E-state index contributed by atoms with van der Waals surface area (Å²) in [6.07, 6.45) is 0. The molecular weight excluding hydrogens is 268 g/mol. The van der Waals surface area contributed by atoms with Crippen LogP contribution in [0.25, 0.3) is 0 Å². The number of para-hydroxylation sites is 2. The molecule has 0 unspecified atom stereocenters. The molecule has 0 saturated heterocycles. The monoisotopic (exact) mass is 278 g/mol. The van der Waals surface area contributed by atoms with Gasteiger partial charge in [-0.15, -0.1) is 0 Å². The number of anilines is 1. The van der Waals surface area contributed by atoms with Gasteiger partial charge in [0.25, 0.3) is 5.69 Å². The van der Waals surface area contributed by atoms with E-state index in [1.807, 2.05) is 0 Å². The van der Waals surface area contributed by atoms with E-state index >= 15 is 0 Å². The Labute approximate surface area is 114 Å². The summed E-state index contributed by atoms with van der Waals surface area (Å²) < 4.78 is 0. The topological polar surface area (TPSA) is 75.4 Å². The van der Waals surface area contributed by atoms with Crippen LogP contribution in [-0.4, -0.2) is 10.0 Å². The van der Waals surface area contributed by atoms with E-state index < -0.39 is 4.92 Å². The summed E-state index contributed by atoms with van der Waals surface area (Å²) >= 11 is 5.95. The second kappa shape index (κ2) is 5.58. The Kier molecular flexibility index (Phi) is 3.87. The Morgan fingerprint density at radius 1 is 1.21 bits per heavy atom. The third-order valence-electron chi connectivity index (χ3n) is 2.64. The van der Waals surface area contributed by atoms with Gasteiger partial charge in [-0.05, 0) is 12.1 Å². The number of nitrogens with one attached hydrogen (secondary N) is 1. The first-order chi connectivity index (χ1) is 9.09. The Hall–Kier alpha value is -2.27. The van der Waals surface area contributed by atoms with Crippen molar-refractivity contribution in [2.24, 2.45) is 0 Å². The molecule has 2 N–H and O–H groups in total. The van der Waals surface area contributed by atoms with Gasteiger partial charge in [-0.1, -0.05) is 35.9 Å². The van der Waals surface area contributed by atoms with E-state index in [0.717, 1.165) is 0 Å². The minimum Gasteiger partial charge on any atom is -0.508 e. The van der Waals surface area contributed by atoms with Gasteiger partial charge in [-0.25, -0.2) is 0 Å². The summed E-state index contributed by atoms with van der Waals surface area (Å²) in [6.45, 7) is 0.247. The molecule has 0 radical (unpaired) electrons. The molecule has 0 bridgehead atoms. The largest absolute Gasteiger partial charge is 0.508 e. The predicted octanol–water partition coefficient (Wildman–Crippen LogP) is 3.57. The van der Waals surface area contributed by atoms with Crippen LogP contribution in [0.2, 0.25) is 5.02 Å². The van der Waals surface area contributed by atoms with Crippen LogP contribution in [0.4, 0.5) is 11.4 Å². The van der Waals surface area contributed by atoms with Gasteiger partial charge in [0.05, 0.1) is 9.95 Å². The SMILES string of the molecule is O=[N+]([O-])c1cccc(Cl)c1NCc1ccccc1O. The van der Waals surface area contributed by atoms with Crippen molar-refractivity contribution in [3.63, 3.8) is 0 Å². The zero-order chi connectivity index (χ0) is 13.8. The molecule has 2 aromatic rings. The Bertz CT molecular complexity index is 617. The molecule has 5 nitrogen and oxygen atoms in total. The van der Waals surface area contributed by atoms with E-state index in [1.54, 1.807) is 30.3 Å². The molecule has 98 valence electrons. The molecule has 0 aromatic heterocycles. The first-order valence-corrected chi connectivity index (χ1v) is 5.91. The number of benzene rings is 2. The van der Waals surface area contributed by atoms with Gasteiger partial charge in [0.1, 0.15) is 11.4 Å². The van der Waals surface area contributed by atoms with Crippen LogP contribution in [0.5, 0.6) is 5.75 Å². The highest BCUT2D eigenvalue weighted by molar-refractivity contribution is 6.33. The van der Waals surface area contributed by atoms with Gasteiger partial charge >= 0.3 is 0 Å². The predicted molar refractivity (Wildman–Crippen MR) is 73.5 cm³/mol. The lowest BCUT2D eigenvalue weighted by atomic mass is 10.2. The lowest BCUT2D eigenvalue weighted by Crippen LogP contribution is -2.03. The smallest absolute Gasteiger partial charge is 0.293 e. The number of phenols is 1. The van der Waals surface area contributed by atoms with Gasteiger partial charge in [0.15, 0.2) is 0 Å². The number of halogens is 1. The molecule has 0 amide bonds. The first kappa shape index (κ1) is 13.2. The van der Waals surface area contributed by atoms with Crippen molar-refractivity contribution in [2.75, 3.05) is 5.32 Å². The third-order valence-corrected chi connectivity index (χ3v) is 2.95. The van der Waals surface area contributed by atoms with Crippen molar-refractivity contribution >= 4 is 23.0 Å². The maximum atomic E-state index is 10.9. The van der Waals surface area contributed by atoms with Gasteiger partial charge in [-0.2, -0.15) is 0 Å². The number of phenolic OH excluding ortho intramolecular Hbond substituents is 1. The highest BCUT2D eigenvalue weighted by Crippen LogP contribution is 2.32. The van der Waals surface area contributed by atoms with E-state index in [1.165, 1.54) is 12.1 Å². The van der Waals surface area contributed by atoms with Crippen LogP contribution in [0.3, 0.4) is 0 Å². The molecule has 0 atom stereocenters. The fourth-order valence-electron chi connectivity index (χ4n) is 1.68. The average molecular weight is 279 g/mol. The first-order valence-electron chi connectivity index (χ1n) is 5.53. The fourth-order valence-corrected chi connectivity index (χ4v) is 1.92. The summed E-state index contributed by atoms with van der Waals surface area (Å²) in [7, 11) is 0. The van der Waals surface area contributed by atoms with Crippen LogP contribution in [0, 0.1) is 10.1 Å². The van der Waals surface area contributed by atoms with Crippen LogP contribution in [-0.2, 0) is 6.54 Å². The summed E-state index contributed by atoms with van der Waals surface area (Å²) in [4.78, 5) is 10.4.